The van der Waals surface area contributed by atoms with Crippen molar-refractivity contribution in [3.63, 3.8) is 0 Å². The molecule has 3 heteroatoms. The van der Waals surface area contributed by atoms with Crippen LogP contribution in [0.2, 0.25) is 0 Å². The third-order valence-corrected chi connectivity index (χ3v) is 2.40. The summed E-state index contributed by atoms with van der Waals surface area (Å²) in [6.45, 7) is 1.76. The molecule has 0 spiro atoms. The Labute approximate surface area is 76.0 Å². The van der Waals surface area contributed by atoms with Crippen molar-refractivity contribution < 1.29 is 14.6 Å². The summed E-state index contributed by atoms with van der Waals surface area (Å²) in [5.41, 5.74) is -0.364. The molecule has 0 aromatic heterocycles. The molecule has 1 saturated heterocycles. The van der Waals surface area contributed by atoms with Crippen molar-refractivity contribution in [2.75, 3.05) is 0 Å². The first-order chi connectivity index (χ1) is 6.18. The lowest BCUT2D eigenvalue weighted by atomic mass is 9.96. The van der Waals surface area contributed by atoms with E-state index >= 15 is 0 Å². The third-order valence-electron chi connectivity index (χ3n) is 2.40. The molecule has 2 unspecified atom stereocenters. The number of hydrogen-bond donors (Lipinski definition) is 1. The molecule has 1 N–H and O–H groups in total. The molecule has 1 aliphatic rings. The summed E-state index contributed by atoms with van der Waals surface area (Å²) in [7, 11) is 0. The van der Waals surface area contributed by atoms with E-state index in [9.17, 15) is 4.79 Å². The minimum Gasteiger partial charge on any atom is -0.479 e. The smallest absolute Gasteiger partial charge is 0.343 e. The number of carbonyl (C=O) groups is 1. The lowest BCUT2D eigenvalue weighted by Gasteiger charge is -2.06. The number of carboxylic acids is 1. The van der Waals surface area contributed by atoms with Crippen molar-refractivity contribution in [1.82, 2.24) is 0 Å². The van der Waals surface area contributed by atoms with Gasteiger partial charge in [0.25, 0.3) is 0 Å². The normalized spacial score (nSPS) is 31.3. The van der Waals surface area contributed by atoms with Gasteiger partial charge in [0.2, 0.25) is 5.60 Å². The van der Waals surface area contributed by atoms with Gasteiger partial charge in [-0.25, -0.2) is 4.79 Å². The number of rotatable bonds is 2. The lowest BCUT2D eigenvalue weighted by Crippen LogP contribution is -2.23. The minimum atomic E-state index is -1.08. The van der Waals surface area contributed by atoms with Gasteiger partial charge in [-0.3, -0.25) is 0 Å². The molecule has 13 heavy (non-hydrogen) atoms. The van der Waals surface area contributed by atoms with Crippen LogP contribution < -0.4 is 0 Å². The number of carboxylic acid groups (broad SMARTS) is 1. The number of aliphatic carboxylic acids is 1. The van der Waals surface area contributed by atoms with Crippen LogP contribution in [-0.2, 0) is 15.1 Å². The van der Waals surface area contributed by atoms with Crippen LogP contribution in [0, 0.1) is 0 Å². The van der Waals surface area contributed by atoms with Crippen LogP contribution in [0.5, 0.6) is 0 Å². The summed E-state index contributed by atoms with van der Waals surface area (Å²) < 4.78 is 5.15. The highest BCUT2D eigenvalue weighted by Crippen LogP contribution is 2.46. The second kappa shape index (κ2) is 2.57. The van der Waals surface area contributed by atoms with Crippen LogP contribution in [0.1, 0.15) is 12.5 Å². The first-order valence-corrected chi connectivity index (χ1v) is 4.14. The number of epoxide rings is 1. The SMILES string of the molecule is CC1OC1(C(=O)O)c1ccccc1. The average molecular weight is 178 g/mol. The molecule has 0 radical (unpaired) electrons. The first kappa shape index (κ1) is 8.26. The first-order valence-electron chi connectivity index (χ1n) is 4.14. The molecule has 0 aliphatic carbocycles. The number of benzene rings is 1. The Morgan fingerprint density at radius 2 is 2.00 bits per heavy atom. The summed E-state index contributed by atoms with van der Waals surface area (Å²) in [4.78, 5) is 11.0. The molecular weight excluding hydrogens is 168 g/mol. The van der Waals surface area contributed by atoms with E-state index < -0.39 is 11.6 Å². The van der Waals surface area contributed by atoms with Gasteiger partial charge in [0.1, 0.15) is 6.10 Å². The fourth-order valence-electron chi connectivity index (χ4n) is 1.58. The van der Waals surface area contributed by atoms with Gasteiger partial charge >= 0.3 is 5.97 Å². The van der Waals surface area contributed by atoms with Gasteiger partial charge in [-0.15, -0.1) is 0 Å². The highest BCUT2D eigenvalue weighted by Gasteiger charge is 2.61. The van der Waals surface area contributed by atoms with Gasteiger partial charge in [0, 0.05) is 0 Å². The highest BCUT2D eigenvalue weighted by atomic mass is 16.6. The fourth-order valence-corrected chi connectivity index (χ4v) is 1.58. The second-order valence-electron chi connectivity index (χ2n) is 3.17. The Hall–Kier alpha value is -1.35. The maximum Gasteiger partial charge on any atom is 0.343 e. The maximum absolute atomic E-state index is 11.0. The third kappa shape index (κ3) is 1.04. The lowest BCUT2D eigenvalue weighted by molar-refractivity contribution is -0.143. The summed E-state index contributed by atoms with van der Waals surface area (Å²) >= 11 is 0. The summed E-state index contributed by atoms with van der Waals surface area (Å²) in [6, 6.07) is 9.03. The van der Waals surface area contributed by atoms with Crippen LogP contribution >= 0.6 is 0 Å². The standard InChI is InChI=1S/C10H10O3/c1-7-10(13-7,9(11)12)8-5-3-2-4-6-8/h2-7H,1H3,(H,11,12). The average Bonchev–Trinajstić information content (AvgIpc) is 2.80. The Bertz CT molecular complexity index is 333. The second-order valence-corrected chi connectivity index (χ2v) is 3.17. The maximum atomic E-state index is 11.0. The molecule has 2 atom stereocenters. The fraction of sp³-hybridized carbons (Fsp3) is 0.300. The molecule has 0 amide bonds. The molecule has 1 aromatic carbocycles. The molecule has 1 aliphatic heterocycles. The summed E-state index contributed by atoms with van der Waals surface area (Å²) in [6.07, 6.45) is -0.229. The van der Waals surface area contributed by atoms with Crippen LogP contribution in [-0.4, -0.2) is 17.2 Å². The molecule has 68 valence electrons. The van der Waals surface area contributed by atoms with Gasteiger partial charge in [0.15, 0.2) is 0 Å². The largest absolute Gasteiger partial charge is 0.479 e. The van der Waals surface area contributed by atoms with Crippen LogP contribution in [0.15, 0.2) is 30.3 Å². The molecular formula is C10H10O3. The molecule has 0 saturated carbocycles. The predicted octanol–water partition coefficient (Wildman–Crippen LogP) is 1.39. The molecule has 1 fully saturated rings. The van der Waals surface area contributed by atoms with Crippen LogP contribution in [0.4, 0.5) is 0 Å². The van der Waals surface area contributed by atoms with Crippen molar-refractivity contribution in [1.29, 1.82) is 0 Å². The number of ether oxygens (including phenoxy) is 1. The topological polar surface area (TPSA) is 49.8 Å². The van der Waals surface area contributed by atoms with E-state index in [1.54, 1.807) is 19.1 Å². The molecule has 1 aromatic rings. The van der Waals surface area contributed by atoms with E-state index in [1.165, 1.54) is 0 Å². The van der Waals surface area contributed by atoms with Crippen LogP contribution in [0.25, 0.3) is 0 Å². The highest BCUT2D eigenvalue weighted by molar-refractivity contribution is 5.83. The Morgan fingerprint density at radius 1 is 1.46 bits per heavy atom. The van der Waals surface area contributed by atoms with Crippen molar-refractivity contribution >= 4 is 5.97 Å². The zero-order valence-electron chi connectivity index (χ0n) is 7.23. The van der Waals surface area contributed by atoms with Gasteiger partial charge in [0.05, 0.1) is 0 Å². The molecule has 2 rings (SSSR count). The van der Waals surface area contributed by atoms with E-state index in [4.69, 9.17) is 9.84 Å². The molecule has 3 nitrogen and oxygen atoms in total. The Morgan fingerprint density at radius 3 is 2.38 bits per heavy atom. The van der Waals surface area contributed by atoms with E-state index in [2.05, 4.69) is 0 Å². The summed E-state index contributed by atoms with van der Waals surface area (Å²) in [5, 5.41) is 9.00. The van der Waals surface area contributed by atoms with E-state index in [-0.39, 0.29) is 6.10 Å². The van der Waals surface area contributed by atoms with E-state index in [0.717, 1.165) is 5.56 Å². The predicted molar refractivity (Wildman–Crippen MR) is 46.3 cm³/mol. The van der Waals surface area contributed by atoms with Gasteiger partial charge in [-0.2, -0.15) is 0 Å². The molecule has 0 bridgehead atoms. The van der Waals surface area contributed by atoms with Crippen LogP contribution in [0.3, 0.4) is 0 Å². The van der Waals surface area contributed by atoms with Gasteiger partial charge in [-0.1, -0.05) is 30.3 Å². The molecule has 1 heterocycles. The summed E-state index contributed by atoms with van der Waals surface area (Å²) in [5.74, 6) is -0.911. The Kier molecular flexibility index (Phi) is 1.63. The zero-order chi connectivity index (χ0) is 9.47. The monoisotopic (exact) mass is 178 g/mol. The van der Waals surface area contributed by atoms with Crippen molar-refractivity contribution in [3.8, 4) is 0 Å². The van der Waals surface area contributed by atoms with Crippen molar-refractivity contribution in [3.05, 3.63) is 35.9 Å². The Balaban J connectivity index is 2.40. The minimum absolute atomic E-state index is 0.229. The van der Waals surface area contributed by atoms with Crippen molar-refractivity contribution in [2.24, 2.45) is 0 Å². The number of hydrogen-bond acceptors (Lipinski definition) is 2. The zero-order valence-corrected chi connectivity index (χ0v) is 7.23. The van der Waals surface area contributed by atoms with E-state index in [1.807, 2.05) is 18.2 Å². The van der Waals surface area contributed by atoms with Gasteiger partial charge in [-0.05, 0) is 12.5 Å². The van der Waals surface area contributed by atoms with E-state index in [0.29, 0.717) is 0 Å². The van der Waals surface area contributed by atoms with Gasteiger partial charge < -0.3 is 9.84 Å². The quantitative estimate of drug-likeness (QED) is 0.696. The van der Waals surface area contributed by atoms with Crippen molar-refractivity contribution in [2.45, 2.75) is 18.6 Å².